The van der Waals surface area contributed by atoms with Gasteiger partial charge in [0.1, 0.15) is 6.54 Å². The molecular weight excluding hydrogens is 393 g/mol. The Morgan fingerprint density at radius 3 is 2.28 bits per heavy atom. The van der Waals surface area contributed by atoms with Crippen LogP contribution in [0.3, 0.4) is 0 Å². The molecule has 1 heterocycles. The molecule has 0 unspecified atom stereocenters. The molecule has 2 aliphatic rings. The topological polar surface area (TPSA) is 92.8 Å². The SMILES string of the molecule is C[C@H](OC(=O)CN1C(=O)[C@H]2CCCC[C@@H]2C1=O)C(=O)Nc1ccc(F)c(F)c1F. The van der Waals surface area contributed by atoms with Crippen LogP contribution in [0.1, 0.15) is 32.6 Å². The highest BCUT2D eigenvalue weighted by Crippen LogP contribution is 2.37. The van der Waals surface area contributed by atoms with Gasteiger partial charge >= 0.3 is 5.97 Å². The van der Waals surface area contributed by atoms with Gasteiger partial charge in [0.25, 0.3) is 5.91 Å². The number of halogens is 3. The van der Waals surface area contributed by atoms with E-state index in [9.17, 15) is 32.3 Å². The quantitative estimate of drug-likeness (QED) is 0.455. The number of amides is 3. The Balaban J connectivity index is 1.58. The van der Waals surface area contributed by atoms with Gasteiger partial charge in [-0.2, -0.15) is 0 Å². The number of likely N-dealkylation sites (tertiary alicyclic amines) is 1. The van der Waals surface area contributed by atoms with Crippen LogP contribution in [0.15, 0.2) is 12.1 Å². The monoisotopic (exact) mass is 412 g/mol. The first-order valence-corrected chi connectivity index (χ1v) is 9.19. The van der Waals surface area contributed by atoms with E-state index in [1.165, 1.54) is 6.92 Å². The lowest BCUT2D eigenvalue weighted by molar-refractivity contribution is -0.158. The van der Waals surface area contributed by atoms with Gasteiger partial charge in [-0.3, -0.25) is 24.1 Å². The van der Waals surface area contributed by atoms with Gasteiger partial charge in [0.2, 0.25) is 11.8 Å². The van der Waals surface area contributed by atoms with Crippen LogP contribution in [-0.2, 0) is 23.9 Å². The fraction of sp³-hybridized carbons (Fsp3) is 0.474. The molecule has 1 aromatic rings. The Morgan fingerprint density at radius 2 is 1.69 bits per heavy atom. The summed E-state index contributed by atoms with van der Waals surface area (Å²) in [5.41, 5.74) is -0.620. The summed E-state index contributed by atoms with van der Waals surface area (Å²) in [5.74, 6) is -8.40. The summed E-state index contributed by atoms with van der Waals surface area (Å²) in [6, 6.07) is 1.46. The van der Waals surface area contributed by atoms with Gasteiger partial charge in [0.05, 0.1) is 17.5 Å². The van der Waals surface area contributed by atoms with Crippen LogP contribution in [-0.4, -0.2) is 41.2 Å². The maximum absolute atomic E-state index is 13.6. The lowest BCUT2D eigenvalue weighted by Crippen LogP contribution is -2.39. The minimum absolute atomic E-state index is 0.416. The van der Waals surface area contributed by atoms with Gasteiger partial charge in [-0.25, -0.2) is 13.2 Å². The fourth-order valence-corrected chi connectivity index (χ4v) is 3.66. The van der Waals surface area contributed by atoms with E-state index < -0.39 is 71.3 Å². The van der Waals surface area contributed by atoms with Gasteiger partial charge in [-0.05, 0) is 31.9 Å². The summed E-state index contributed by atoms with van der Waals surface area (Å²) in [4.78, 5) is 49.7. The number of esters is 1. The van der Waals surface area contributed by atoms with E-state index in [4.69, 9.17) is 4.74 Å². The zero-order chi connectivity index (χ0) is 21.3. The van der Waals surface area contributed by atoms with Crippen molar-refractivity contribution in [1.82, 2.24) is 4.90 Å². The first-order valence-electron chi connectivity index (χ1n) is 9.19. The molecule has 10 heteroatoms. The van der Waals surface area contributed by atoms with Crippen LogP contribution < -0.4 is 5.32 Å². The number of carbonyl (C=O) groups excluding carboxylic acids is 4. The van der Waals surface area contributed by atoms with Gasteiger partial charge < -0.3 is 10.1 Å². The number of nitrogens with zero attached hydrogens (tertiary/aromatic N) is 1. The molecule has 0 radical (unpaired) electrons. The first kappa shape index (κ1) is 20.8. The molecular formula is C19H19F3N2O5. The zero-order valence-electron chi connectivity index (χ0n) is 15.5. The van der Waals surface area contributed by atoms with Crippen LogP contribution in [0.4, 0.5) is 18.9 Å². The maximum atomic E-state index is 13.6. The molecule has 3 amide bonds. The molecule has 29 heavy (non-hydrogen) atoms. The van der Waals surface area contributed by atoms with Crippen molar-refractivity contribution in [3.05, 3.63) is 29.6 Å². The number of carbonyl (C=O) groups is 4. The first-order chi connectivity index (χ1) is 13.7. The van der Waals surface area contributed by atoms with Gasteiger partial charge in [-0.15, -0.1) is 0 Å². The average molecular weight is 412 g/mol. The van der Waals surface area contributed by atoms with Crippen LogP contribution in [0, 0.1) is 29.3 Å². The minimum atomic E-state index is -1.75. The lowest BCUT2D eigenvalue weighted by atomic mass is 9.81. The van der Waals surface area contributed by atoms with Crippen molar-refractivity contribution in [2.45, 2.75) is 38.7 Å². The molecule has 1 aliphatic heterocycles. The van der Waals surface area contributed by atoms with Gasteiger partial charge in [-0.1, -0.05) is 12.8 Å². The summed E-state index contributed by atoms with van der Waals surface area (Å²) >= 11 is 0. The molecule has 156 valence electrons. The van der Waals surface area contributed by atoms with E-state index in [1.807, 2.05) is 5.32 Å². The van der Waals surface area contributed by atoms with Crippen molar-refractivity contribution in [1.29, 1.82) is 0 Å². The third-order valence-corrected chi connectivity index (χ3v) is 5.19. The smallest absolute Gasteiger partial charge is 0.326 e. The molecule has 0 spiro atoms. The second-order valence-corrected chi connectivity index (χ2v) is 7.10. The number of hydrogen-bond donors (Lipinski definition) is 1. The number of ether oxygens (including phenoxy) is 1. The van der Waals surface area contributed by atoms with Crippen molar-refractivity contribution < 1.29 is 37.1 Å². The predicted molar refractivity (Wildman–Crippen MR) is 92.7 cm³/mol. The number of imide groups is 1. The van der Waals surface area contributed by atoms with E-state index in [2.05, 4.69) is 0 Å². The van der Waals surface area contributed by atoms with Crippen LogP contribution in [0.2, 0.25) is 0 Å². The Morgan fingerprint density at radius 1 is 1.10 bits per heavy atom. The van der Waals surface area contributed by atoms with E-state index in [1.54, 1.807) is 0 Å². The number of anilines is 1. The highest BCUT2D eigenvalue weighted by atomic mass is 19.2. The largest absolute Gasteiger partial charge is 0.451 e. The van der Waals surface area contributed by atoms with Crippen molar-refractivity contribution in [2.75, 3.05) is 11.9 Å². The predicted octanol–water partition coefficient (Wildman–Crippen LogP) is 2.15. The fourth-order valence-electron chi connectivity index (χ4n) is 3.66. The normalized spacial score (nSPS) is 22.3. The molecule has 0 bridgehead atoms. The molecule has 1 aromatic carbocycles. The van der Waals surface area contributed by atoms with Gasteiger partial charge in [0, 0.05) is 0 Å². The number of benzene rings is 1. The van der Waals surface area contributed by atoms with Crippen LogP contribution in [0.5, 0.6) is 0 Å². The van der Waals surface area contributed by atoms with Gasteiger partial charge in [0.15, 0.2) is 23.6 Å². The maximum Gasteiger partial charge on any atom is 0.326 e. The molecule has 1 saturated heterocycles. The van der Waals surface area contributed by atoms with Crippen molar-refractivity contribution in [3.63, 3.8) is 0 Å². The molecule has 7 nitrogen and oxygen atoms in total. The Hall–Kier alpha value is -2.91. The third kappa shape index (κ3) is 4.10. The number of rotatable bonds is 5. The van der Waals surface area contributed by atoms with Crippen LogP contribution in [0.25, 0.3) is 0 Å². The standard InChI is InChI=1S/C19H19F3N2O5/c1-9(17(26)23-13-7-6-12(20)15(21)16(13)22)29-14(25)8-24-18(27)10-4-2-3-5-11(10)19(24)28/h6-7,9-11H,2-5,8H2,1H3,(H,23,26)/t9-,10-,11-/m0/s1. The molecule has 1 aliphatic carbocycles. The molecule has 1 saturated carbocycles. The third-order valence-electron chi connectivity index (χ3n) is 5.19. The second-order valence-electron chi connectivity index (χ2n) is 7.10. The number of fused-ring (bicyclic) bond motifs is 1. The van der Waals surface area contributed by atoms with Crippen molar-refractivity contribution in [2.24, 2.45) is 11.8 Å². The molecule has 3 atom stereocenters. The summed E-state index contributed by atoms with van der Waals surface area (Å²) in [6.45, 7) is 0.556. The number of nitrogens with one attached hydrogen (secondary N) is 1. The highest BCUT2D eigenvalue weighted by Gasteiger charge is 2.48. The number of hydrogen-bond acceptors (Lipinski definition) is 5. The molecule has 1 N–H and O–H groups in total. The minimum Gasteiger partial charge on any atom is -0.451 e. The van der Waals surface area contributed by atoms with Crippen molar-refractivity contribution in [3.8, 4) is 0 Å². The molecule has 2 fully saturated rings. The Kier molecular flexibility index (Phi) is 5.90. The van der Waals surface area contributed by atoms with E-state index in [0.29, 0.717) is 18.9 Å². The summed E-state index contributed by atoms with van der Waals surface area (Å²) < 4.78 is 44.7. The summed E-state index contributed by atoms with van der Waals surface area (Å²) in [7, 11) is 0. The zero-order valence-corrected chi connectivity index (χ0v) is 15.5. The van der Waals surface area contributed by atoms with E-state index in [-0.39, 0.29) is 0 Å². The van der Waals surface area contributed by atoms with Crippen molar-refractivity contribution >= 4 is 29.4 Å². The summed E-state index contributed by atoms with van der Waals surface area (Å²) in [6.07, 6.45) is 1.45. The molecule has 0 aromatic heterocycles. The van der Waals surface area contributed by atoms with E-state index >= 15 is 0 Å². The highest BCUT2D eigenvalue weighted by molar-refractivity contribution is 6.07. The Bertz CT molecular complexity index is 852. The molecule has 3 rings (SSSR count). The Labute approximate surface area is 164 Å². The summed E-state index contributed by atoms with van der Waals surface area (Å²) in [5, 5.41) is 1.99. The van der Waals surface area contributed by atoms with Crippen LogP contribution >= 0.6 is 0 Å². The lowest BCUT2D eigenvalue weighted by Gasteiger charge is -2.19. The average Bonchev–Trinajstić information content (AvgIpc) is 2.93. The second kappa shape index (κ2) is 8.22. The van der Waals surface area contributed by atoms with E-state index in [0.717, 1.165) is 23.8 Å².